The molecule has 0 amide bonds. The van der Waals surface area contributed by atoms with Gasteiger partial charge in [0.1, 0.15) is 4.90 Å². The zero-order chi connectivity index (χ0) is 15.3. The van der Waals surface area contributed by atoms with Crippen molar-refractivity contribution in [2.45, 2.75) is 44.8 Å². The fourth-order valence-corrected chi connectivity index (χ4v) is 3.08. The van der Waals surface area contributed by atoms with Crippen LogP contribution in [0.3, 0.4) is 0 Å². The minimum absolute atomic E-state index is 0.305. The Morgan fingerprint density at radius 3 is 2.65 bits per heavy atom. The van der Waals surface area contributed by atoms with Crippen LogP contribution in [0.2, 0.25) is 0 Å². The topological polar surface area (TPSA) is 54.3 Å². The number of aromatic nitrogens is 1. The fourth-order valence-electron chi connectivity index (χ4n) is 1.88. The van der Waals surface area contributed by atoms with Gasteiger partial charge < -0.3 is 9.88 Å². The van der Waals surface area contributed by atoms with Crippen LogP contribution in [-0.2, 0) is 23.1 Å². The van der Waals surface area contributed by atoms with Gasteiger partial charge in [0.2, 0.25) is 10.0 Å². The van der Waals surface area contributed by atoms with Crippen molar-refractivity contribution >= 4 is 10.0 Å². The first-order chi connectivity index (χ1) is 9.32. The molecular formula is C14H25N3O2S. The van der Waals surface area contributed by atoms with Gasteiger partial charge in [-0.05, 0) is 13.0 Å². The predicted molar refractivity (Wildman–Crippen MR) is 82.1 cm³/mol. The summed E-state index contributed by atoms with van der Waals surface area (Å²) in [7, 11) is -1.88. The van der Waals surface area contributed by atoms with Crippen LogP contribution in [0.4, 0.5) is 0 Å². The molecule has 0 unspecified atom stereocenters. The van der Waals surface area contributed by atoms with Gasteiger partial charge in [0, 0.05) is 44.6 Å². The van der Waals surface area contributed by atoms with E-state index in [4.69, 9.17) is 0 Å². The van der Waals surface area contributed by atoms with E-state index in [-0.39, 0.29) is 0 Å². The number of rotatable bonds is 8. The number of hydrogen-bond acceptors (Lipinski definition) is 3. The Morgan fingerprint density at radius 2 is 2.15 bits per heavy atom. The van der Waals surface area contributed by atoms with E-state index in [1.165, 1.54) is 4.31 Å². The standard InChI is InChI=1S/C14H25N3O2S/c1-6-8-16(5)20(18,19)14-9-13(10-15-12(3)4)17(7-2)11-14/h6,9,11-12,15H,1,7-8,10H2,2-5H3. The lowest BCUT2D eigenvalue weighted by molar-refractivity contribution is 0.499. The lowest BCUT2D eigenvalue weighted by Gasteiger charge is -2.13. The molecule has 0 aliphatic rings. The molecule has 6 heteroatoms. The van der Waals surface area contributed by atoms with Crippen LogP contribution in [0.1, 0.15) is 26.5 Å². The Labute approximate surface area is 122 Å². The molecule has 1 aromatic heterocycles. The molecule has 0 aliphatic carbocycles. The number of likely N-dealkylation sites (N-methyl/N-ethyl adjacent to an activating group) is 1. The molecule has 20 heavy (non-hydrogen) atoms. The SMILES string of the molecule is C=CCN(C)S(=O)(=O)c1cc(CNC(C)C)n(CC)c1. The van der Waals surface area contributed by atoms with Gasteiger partial charge in [0.15, 0.2) is 0 Å². The molecular weight excluding hydrogens is 274 g/mol. The quantitative estimate of drug-likeness (QED) is 0.745. The van der Waals surface area contributed by atoms with Crippen molar-refractivity contribution in [3.8, 4) is 0 Å². The highest BCUT2D eigenvalue weighted by atomic mass is 32.2. The molecule has 0 aliphatic heterocycles. The number of nitrogens with one attached hydrogen (secondary N) is 1. The lowest BCUT2D eigenvalue weighted by Crippen LogP contribution is -2.26. The third-order valence-electron chi connectivity index (χ3n) is 3.09. The Hall–Kier alpha value is -1.11. The maximum absolute atomic E-state index is 12.4. The first-order valence-corrected chi connectivity index (χ1v) is 8.26. The molecule has 114 valence electrons. The first-order valence-electron chi connectivity index (χ1n) is 6.82. The van der Waals surface area contributed by atoms with Crippen LogP contribution in [-0.4, -0.2) is 36.9 Å². The smallest absolute Gasteiger partial charge is 0.244 e. The van der Waals surface area contributed by atoms with Gasteiger partial charge in [-0.25, -0.2) is 8.42 Å². The molecule has 0 saturated heterocycles. The van der Waals surface area contributed by atoms with Crippen LogP contribution < -0.4 is 5.32 Å². The van der Waals surface area contributed by atoms with E-state index in [9.17, 15) is 8.42 Å². The van der Waals surface area contributed by atoms with E-state index in [1.54, 1.807) is 25.4 Å². The molecule has 5 nitrogen and oxygen atoms in total. The number of aryl methyl sites for hydroxylation is 1. The zero-order valence-electron chi connectivity index (χ0n) is 12.8. The highest BCUT2D eigenvalue weighted by molar-refractivity contribution is 7.89. The molecule has 1 N–H and O–H groups in total. The molecule has 0 aromatic carbocycles. The Kier molecular flexibility index (Phi) is 5.98. The summed E-state index contributed by atoms with van der Waals surface area (Å²) >= 11 is 0. The van der Waals surface area contributed by atoms with Crippen LogP contribution in [0.15, 0.2) is 29.8 Å². The molecule has 1 heterocycles. The molecule has 0 spiro atoms. The van der Waals surface area contributed by atoms with E-state index < -0.39 is 10.0 Å². The summed E-state index contributed by atoms with van der Waals surface area (Å²) in [5, 5.41) is 3.31. The van der Waals surface area contributed by atoms with Crippen LogP contribution in [0, 0.1) is 0 Å². The summed E-state index contributed by atoms with van der Waals surface area (Å²) in [5.74, 6) is 0. The largest absolute Gasteiger partial charge is 0.349 e. The van der Waals surface area contributed by atoms with Gasteiger partial charge in [-0.2, -0.15) is 4.31 Å². The van der Waals surface area contributed by atoms with E-state index in [2.05, 4.69) is 25.7 Å². The minimum Gasteiger partial charge on any atom is -0.349 e. The second-order valence-corrected chi connectivity index (χ2v) is 7.11. The average Bonchev–Trinajstić information content (AvgIpc) is 2.80. The maximum Gasteiger partial charge on any atom is 0.244 e. The van der Waals surface area contributed by atoms with Gasteiger partial charge >= 0.3 is 0 Å². The normalized spacial score (nSPS) is 12.3. The third kappa shape index (κ3) is 3.94. The molecule has 0 bridgehead atoms. The summed E-state index contributed by atoms with van der Waals surface area (Å²) in [6, 6.07) is 2.10. The number of nitrogens with zero attached hydrogens (tertiary/aromatic N) is 2. The zero-order valence-corrected chi connectivity index (χ0v) is 13.6. The van der Waals surface area contributed by atoms with Gasteiger partial charge in [0.05, 0.1) is 0 Å². The van der Waals surface area contributed by atoms with Crippen LogP contribution in [0.25, 0.3) is 0 Å². The van der Waals surface area contributed by atoms with Crippen molar-refractivity contribution in [3.05, 3.63) is 30.6 Å². The van der Waals surface area contributed by atoms with Gasteiger partial charge in [-0.15, -0.1) is 6.58 Å². The van der Waals surface area contributed by atoms with Crippen LogP contribution in [0.5, 0.6) is 0 Å². The fraction of sp³-hybridized carbons (Fsp3) is 0.571. The lowest BCUT2D eigenvalue weighted by atomic mass is 10.3. The summed E-state index contributed by atoms with van der Waals surface area (Å²) in [6.07, 6.45) is 3.28. The van der Waals surface area contributed by atoms with Crippen molar-refractivity contribution < 1.29 is 8.42 Å². The Bertz CT molecular complexity index is 547. The van der Waals surface area contributed by atoms with Crippen molar-refractivity contribution in [2.75, 3.05) is 13.6 Å². The summed E-state index contributed by atoms with van der Waals surface area (Å²) in [6.45, 7) is 11.4. The van der Waals surface area contributed by atoms with E-state index in [1.807, 2.05) is 11.5 Å². The second-order valence-electron chi connectivity index (χ2n) is 5.06. The molecule has 0 fully saturated rings. The monoisotopic (exact) mass is 299 g/mol. The van der Waals surface area contributed by atoms with E-state index in [0.29, 0.717) is 24.0 Å². The maximum atomic E-state index is 12.4. The number of sulfonamides is 1. The molecule has 1 aromatic rings. The average molecular weight is 299 g/mol. The van der Waals surface area contributed by atoms with Gasteiger partial charge in [-0.1, -0.05) is 19.9 Å². The van der Waals surface area contributed by atoms with Crippen molar-refractivity contribution in [1.29, 1.82) is 0 Å². The summed E-state index contributed by atoms with van der Waals surface area (Å²) < 4.78 is 28.0. The molecule has 0 saturated carbocycles. The van der Waals surface area contributed by atoms with E-state index >= 15 is 0 Å². The Balaban J connectivity index is 3.05. The second kappa shape index (κ2) is 7.06. The summed E-state index contributed by atoms with van der Waals surface area (Å²) in [5.41, 5.74) is 0.978. The predicted octanol–water partition coefficient (Wildman–Crippen LogP) is 1.81. The highest BCUT2D eigenvalue weighted by Gasteiger charge is 2.22. The van der Waals surface area contributed by atoms with Gasteiger partial charge in [0.25, 0.3) is 0 Å². The van der Waals surface area contributed by atoms with Crippen molar-refractivity contribution in [2.24, 2.45) is 0 Å². The molecule has 0 atom stereocenters. The van der Waals surface area contributed by atoms with Gasteiger partial charge in [-0.3, -0.25) is 0 Å². The van der Waals surface area contributed by atoms with E-state index in [0.717, 1.165) is 12.2 Å². The minimum atomic E-state index is -3.44. The first kappa shape index (κ1) is 16.9. The highest BCUT2D eigenvalue weighted by Crippen LogP contribution is 2.18. The molecule has 1 rings (SSSR count). The Morgan fingerprint density at radius 1 is 1.50 bits per heavy atom. The number of hydrogen-bond donors (Lipinski definition) is 1. The third-order valence-corrected chi connectivity index (χ3v) is 4.88. The van der Waals surface area contributed by atoms with Crippen molar-refractivity contribution in [3.63, 3.8) is 0 Å². The van der Waals surface area contributed by atoms with Crippen molar-refractivity contribution in [1.82, 2.24) is 14.2 Å². The molecule has 0 radical (unpaired) electrons. The van der Waals surface area contributed by atoms with Crippen LogP contribution >= 0.6 is 0 Å². The summed E-state index contributed by atoms with van der Waals surface area (Å²) in [4.78, 5) is 0.337.